The average Bonchev–Trinajstić information content (AvgIpc) is 2.91. The highest BCUT2D eigenvalue weighted by atomic mass is 35.5. The van der Waals surface area contributed by atoms with Gasteiger partial charge in [0.05, 0.1) is 35.8 Å². The van der Waals surface area contributed by atoms with Crippen molar-refractivity contribution in [2.75, 3.05) is 6.61 Å². The second-order valence-corrected chi connectivity index (χ2v) is 9.03. The lowest BCUT2D eigenvalue weighted by Crippen LogP contribution is -2.29. The second-order valence-electron chi connectivity index (χ2n) is 6.71. The van der Waals surface area contributed by atoms with Crippen LogP contribution in [0.4, 0.5) is 0 Å². The van der Waals surface area contributed by atoms with Gasteiger partial charge in [0.2, 0.25) is 0 Å². The van der Waals surface area contributed by atoms with Crippen LogP contribution in [0.15, 0.2) is 28.8 Å². The van der Waals surface area contributed by atoms with Crippen LogP contribution in [0, 0.1) is 6.92 Å². The quantitative estimate of drug-likeness (QED) is 0.763. The van der Waals surface area contributed by atoms with Gasteiger partial charge in [-0.15, -0.1) is 0 Å². The molecule has 1 atom stereocenters. The summed E-state index contributed by atoms with van der Waals surface area (Å²) in [5.41, 5.74) is 4.28. The Labute approximate surface area is 150 Å². The van der Waals surface area contributed by atoms with Crippen LogP contribution < -0.4 is 0 Å². The molecule has 5 nitrogen and oxygen atoms in total. The lowest BCUT2D eigenvalue weighted by Gasteiger charge is -2.21. The van der Waals surface area contributed by atoms with Crippen molar-refractivity contribution in [1.29, 1.82) is 0 Å². The first-order valence-electron chi connectivity index (χ1n) is 7.69. The van der Waals surface area contributed by atoms with Crippen molar-refractivity contribution in [3.63, 3.8) is 0 Å². The molecule has 1 aliphatic heterocycles. The summed E-state index contributed by atoms with van der Waals surface area (Å²) in [4.78, 5) is 0. The molecule has 1 aromatic carbocycles. The summed E-state index contributed by atoms with van der Waals surface area (Å²) in [6, 6.07) is 5.74. The van der Waals surface area contributed by atoms with Crippen LogP contribution >= 0.6 is 11.6 Å². The van der Waals surface area contributed by atoms with Crippen molar-refractivity contribution in [3.8, 4) is 5.69 Å². The predicted octanol–water partition coefficient (Wildman–Crippen LogP) is 3.62. The number of aromatic nitrogens is 2. The summed E-state index contributed by atoms with van der Waals surface area (Å²) in [5.74, 6) is 0. The van der Waals surface area contributed by atoms with Gasteiger partial charge in [0.25, 0.3) is 0 Å². The summed E-state index contributed by atoms with van der Waals surface area (Å²) in [7, 11) is 0. The Balaban J connectivity index is 2.07. The zero-order valence-electron chi connectivity index (χ0n) is 14.2. The van der Waals surface area contributed by atoms with Crippen LogP contribution in [-0.2, 0) is 22.7 Å². The number of halogens is 1. The lowest BCUT2D eigenvalue weighted by atomic mass is 10.1. The highest BCUT2D eigenvalue weighted by Crippen LogP contribution is 2.29. The molecule has 0 spiro atoms. The summed E-state index contributed by atoms with van der Waals surface area (Å²) < 4.78 is 23.8. The van der Waals surface area contributed by atoms with Crippen LogP contribution in [0.5, 0.6) is 0 Å². The molecule has 7 heteroatoms. The van der Waals surface area contributed by atoms with E-state index in [2.05, 4.69) is 9.50 Å². The molecule has 0 unspecified atom stereocenters. The summed E-state index contributed by atoms with van der Waals surface area (Å²) >= 11 is 5.02. The minimum absolute atomic E-state index is 0.335. The molecule has 0 saturated heterocycles. The first kappa shape index (κ1) is 17.5. The largest absolute Gasteiger partial charge is 0.591 e. The third kappa shape index (κ3) is 3.24. The molecule has 128 valence electrons. The molecule has 0 aliphatic carbocycles. The Morgan fingerprint density at radius 3 is 2.75 bits per heavy atom. The number of nitrogens with zero attached hydrogens (tertiary/aromatic N) is 3. The number of fused-ring (bicyclic) bond motifs is 1. The van der Waals surface area contributed by atoms with E-state index in [1.165, 1.54) is 0 Å². The van der Waals surface area contributed by atoms with Gasteiger partial charge >= 0.3 is 0 Å². The maximum absolute atomic E-state index is 12.3. The summed E-state index contributed by atoms with van der Waals surface area (Å²) in [6.07, 6.45) is 1.75. The van der Waals surface area contributed by atoms with E-state index >= 15 is 0 Å². The smallest absolute Gasteiger partial charge is 0.144 e. The first-order chi connectivity index (χ1) is 11.3. The minimum atomic E-state index is -1.34. The molecular formula is C17H20ClN3O2S. The van der Waals surface area contributed by atoms with E-state index in [1.54, 1.807) is 10.9 Å². The van der Waals surface area contributed by atoms with E-state index < -0.39 is 16.1 Å². The van der Waals surface area contributed by atoms with E-state index in [0.717, 1.165) is 22.5 Å². The van der Waals surface area contributed by atoms with Gasteiger partial charge in [-0.2, -0.15) is 5.10 Å². The zero-order chi connectivity index (χ0) is 17.5. The predicted molar refractivity (Wildman–Crippen MR) is 97.4 cm³/mol. The van der Waals surface area contributed by atoms with Crippen molar-refractivity contribution in [3.05, 3.63) is 46.2 Å². The summed E-state index contributed by atoms with van der Waals surface area (Å²) in [6.45, 7) is 8.43. The van der Waals surface area contributed by atoms with Crippen molar-refractivity contribution in [2.45, 2.75) is 39.0 Å². The van der Waals surface area contributed by atoms with E-state index in [1.807, 2.05) is 45.9 Å². The van der Waals surface area contributed by atoms with Gasteiger partial charge in [0.15, 0.2) is 0 Å². The highest BCUT2D eigenvalue weighted by molar-refractivity contribution is 7.91. The number of benzene rings is 1. The number of ether oxygens (including phenoxy) is 1. The Morgan fingerprint density at radius 2 is 2.08 bits per heavy atom. The molecule has 3 rings (SSSR count). The van der Waals surface area contributed by atoms with E-state index in [9.17, 15) is 4.55 Å². The fourth-order valence-electron chi connectivity index (χ4n) is 2.47. The monoisotopic (exact) mass is 365 g/mol. The van der Waals surface area contributed by atoms with Gasteiger partial charge in [-0.25, -0.2) is 4.68 Å². The molecule has 24 heavy (non-hydrogen) atoms. The van der Waals surface area contributed by atoms with Crippen molar-refractivity contribution < 1.29 is 9.29 Å². The molecule has 1 aromatic heterocycles. The first-order valence-corrected chi connectivity index (χ1v) is 9.17. The number of hydrogen-bond donors (Lipinski definition) is 0. The standard InChI is InChI=1S/C17H20ClN3O2S/c1-11-6-5-7-13(18)16(11)21-15-10-23-9-14(12(15)8-19-21)20-24(22)17(2,3)4/h5-8H,9-10H2,1-4H3/t24-/m0/s1. The van der Waals surface area contributed by atoms with Gasteiger partial charge < -0.3 is 9.29 Å². The normalized spacial score (nSPS) is 17.8. The SMILES string of the molecule is Cc1cccc(Cl)c1-n1ncc2c1COCC2=N[S@@+]([O-])C(C)(C)C. The Morgan fingerprint density at radius 1 is 1.33 bits per heavy atom. The van der Waals surface area contributed by atoms with Gasteiger partial charge in [-0.1, -0.05) is 28.1 Å². The van der Waals surface area contributed by atoms with E-state index in [0.29, 0.717) is 23.9 Å². The van der Waals surface area contributed by atoms with E-state index in [-0.39, 0.29) is 0 Å². The molecule has 0 radical (unpaired) electrons. The fraction of sp³-hybridized carbons (Fsp3) is 0.412. The van der Waals surface area contributed by atoms with Gasteiger partial charge in [-0.3, -0.25) is 0 Å². The van der Waals surface area contributed by atoms with Gasteiger partial charge in [-0.05, 0) is 39.3 Å². The minimum Gasteiger partial charge on any atom is -0.591 e. The van der Waals surface area contributed by atoms with Gasteiger partial charge in [0, 0.05) is 5.56 Å². The zero-order valence-corrected chi connectivity index (χ0v) is 15.7. The topological polar surface area (TPSA) is 62.5 Å². The van der Waals surface area contributed by atoms with Crippen LogP contribution in [0.3, 0.4) is 0 Å². The molecule has 2 heterocycles. The molecule has 0 bridgehead atoms. The molecule has 0 saturated carbocycles. The molecule has 2 aromatic rings. The number of rotatable bonds is 2. The number of para-hydroxylation sites is 1. The Bertz CT molecular complexity index is 775. The average molecular weight is 366 g/mol. The molecule has 0 amide bonds. The van der Waals surface area contributed by atoms with Crippen LogP contribution in [0.2, 0.25) is 5.02 Å². The lowest BCUT2D eigenvalue weighted by molar-refractivity contribution is 0.147. The third-order valence-corrected chi connectivity index (χ3v) is 5.51. The van der Waals surface area contributed by atoms with Crippen LogP contribution in [0.1, 0.15) is 37.6 Å². The maximum Gasteiger partial charge on any atom is 0.144 e. The molecule has 0 N–H and O–H groups in total. The maximum atomic E-state index is 12.3. The van der Waals surface area contributed by atoms with Crippen LogP contribution in [0.25, 0.3) is 5.69 Å². The van der Waals surface area contributed by atoms with Crippen molar-refractivity contribution in [1.82, 2.24) is 9.78 Å². The Hall–Kier alpha value is -1.34. The Kier molecular flexibility index (Phi) is 4.75. The second kappa shape index (κ2) is 6.52. The van der Waals surface area contributed by atoms with Crippen molar-refractivity contribution in [2.24, 2.45) is 4.40 Å². The number of hydrogen-bond acceptors (Lipinski definition) is 4. The van der Waals surface area contributed by atoms with Crippen molar-refractivity contribution >= 4 is 28.7 Å². The summed E-state index contributed by atoms with van der Waals surface area (Å²) in [5, 5.41) is 5.11. The molecular weight excluding hydrogens is 346 g/mol. The molecule has 0 fully saturated rings. The van der Waals surface area contributed by atoms with E-state index in [4.69, 9.17) is 16.3 Å². The fourth-order valence-corrected chi connectivity index (χ4v) is 3.40. The number of aryl methyl sites for hydroxylation is 1. The third-order valence-electron chi connectivity index (χ3n) is 3.77. The van der Waals surface area contributed by atoms with Gasteiger partial charge in [0.1, 0.15) is 21.8 Å². The highest BCUT2D eigenvalue weighted by Gasteiger charge is 2.30. The molecule has 1 aliphatic rings. The van der Waals surface area contributed by atoms with Crippen LogP contribution in [-0.4, -0.2) is 31.4 Å².